The summed E-state index contributed by atoms with van der Waals surface area (Å²) in [6.07, 6.45) is 2.18. The maximum atomic E-state index is 6.07. The monoisotopic (exact) mass is 242 g/mol. The lowest BCUT2D eigenvalue weighted by Gasteiger charge is -2.26. The minimum absolute atomic E-state index is 0. The second kappa shape index (κ2) is 5.41. The average molecular weight is 243 g/mol. The molecule has 1 atom stereocenters. The van der Waals surface area contributed by atoms with Gasteiger partial charge in [-0.2, -0.15) is 0 Å². The molecular formula is C12H19ClN2O. The van der Waals surface area contributed by atoms with Gasteiger partial charge in [0.25, 0.3) is 0 Å². The lowest BCUT2D eigenvalue weighted by Crippen LogP contribution is -2.40. The number of halogens is 1. The zero-order chi connectivity index (χ0) is 10.8. The molecule has 0 aliphatic carbocycles. The standard InChI is InChI=1S/C12H18N2O.ClH/c1-3-12(13)14-7-6-9-4-5-10(15-2)8-11(9)14;/h4-5,8,12H,3,6-7,13H2,1-2H3;1H/t12-;/m0./s1. The van der Waals surface area contributed by atoms with Gasteiger partial charge in [-0.1, -0.05) is 13.0 Å². The van der Waals surface area contributed by atoms with Crippen LogP contribution in [0.2, 0.25) is 0 Å². The minimum Gasteiger partial charge on any atom is -0.497 e. The molecule has 1 aromatic rings. The second-order valence-electron chi connectivity index (χ2n) is 3.91. The van der Waals surface area contributed by atoms with Gasteiger partial charge < -0.3 is 15.4 Å². The molecule has 0 bridgehead atoms. The van der Waals surface area contributed by atoms with Crippen LogP contribution in [0.3, 0.4) is 0 Å². The molecule has 2 N–H and O–H groups in total. The first kappa shape index (κ1) is 13.1. The van der Waals surface area contributed by atoms with Crippen molar-refractivity contribution in [3.8, 4) is 5.75 Å². The van der Waals surface area contributed by atoms with E-state index in [2.05, 4.69) is 24.0 Å². The largest absolute Gasteiger partial charge is 0.497 e. The van der Waals surface area contributed by atoms with Crippen molar-refractivity contribution in [1.29, 1.82) is 0 Å². The number of anilines is 1. The predicted molar refractivity (Wildman–Crippen MR) is 69.6 cm³/mol. The first-order chi connectivity index (χ1) is 7.26. The van der Waals surface area contributed by atoms with Gasteiger partial charge in [0, 0.05) is 18.3 Å². The Hall–Kier alpha value is -0.930. The van der Waals surface area contributed by atoms with Gasteiger partial charge in [0.05, 0.1) is 13.3 Å². The fourth-order valence-corrected chi connectivity index (χ4v) is 2.08. The van der Waals surface area contributed by atoms with E-state index in [1.54, 1.807) is 7.11 Å². The lowest BCUT2D eigenvalue weighted by atomic mass is 10.1. The molecule has 90 valence electrons. The summed E-state index contributed by atoms with van der Waals surface area (Å²) in [5.74, 6) is 0.906. The fraction of sp³-hybridized carbons (Fsp3) is 0.500. The van der Waals surface area contributed by atoms with Crippen molar-refractivity contribution in [2.24, 2.45) is 5.73 Å². The first-order valence-corrected chi connectivity index (χ1v) is 5.45. The molecule has 1 aliphatic heterocycles. The van der Waals surface area contributed by atoms with Gasteiger partial charge in [-0.25, -0.2) is 0 Å². The van der Waals surface area contributed by atoms with E-state index in [9.17, 15) is 0 Å². The molecular weight excluding hydrogens is 224 g/mol. The third-order valence-electron chi connectivity index (χ3n) is 3.04. The summed E-state index contributed by atoms with van der Waals surface area (Å²) in [5, 5.41) is 0. The van der Waals surface area contributed by atoms with E-state index in [1.165, 1.54) is 11.3 Å². The number of hydrogen-bond donors (Lipinski definition) is 1. The van der Waals surface area contributed by atoms with Crippen LogP contribution in [0.25, 0.3) is 0 Å². The molecule has 0 aromatic heterocycles. The summed E-state index contributed by atoms with van der Waals surface area (Å²) < 4.78 is 5.23. The molecule has 3 nitrogen and oxygen atoms in total. The number of nitrogens with zero attached hydrogens (tertiary/aromatic N) is 1. The van der Waals surface area contributed by atoms with Crippen LogP contribution in [0, 0.1) is 0 Å². The number of methoxy groups -OCH3 is 1. The van der Waals surface area contributed by atoms with E-state index in [1.807, 2.05) is 6.07 Å². The number of benzene rings is 1. The van der Waals surface area contributed by atoms with E-state index >= 15 is 0 Å². The van der Waals surface area contributed by atoms with Crippen LogP contribution in [0.15, 0.2) is 18.2 Å². The van der Waals surface area contributed by atoms with Gasteiger partial charge in [-0.05, 0) is 24.5 Å². The molecule has 0 spiro atoms. The van der Waals surface area contributed by atoms with E-state index in [-0.39, 0.29) is 18.6 Å². The molecule has 0 saturated heterocycles. The summed E-state index contributed by atoms with van der Waals surface area (Å²) in [6.45, 7) is 3.14. The SMILES string of the molecule is CC[C@@H](N)N1CCc2ccc(OC)cc21.Cl. The molecule has 0 fully saturated rings. The van der Waals surface area contributed by atoms with E-state index in [0.29, 0.717) is 0 Å². The van der Waals surface area contributed by atoms with Gasteiger partial charge in [-0.3, -0.25) is 0 Å². The number of fused-ring (bicyclic) bond motifs is 1. The van der Waals surface area contributed by atoms with Crippen molar-refractivity contribution >= 4 is 18.1 Å². The molecule has 0 saturated carbocycles. The zero-order valence-electron chi connectivity index (χ0n) is 9.77. The topological polar surface area (TPSA) is 38.5 Å². The predicted octanol–water partition coefficient (Wildman–Crippen LogP) is 2.17. The van der Waals surface area contributed by atoms with Crippen molar-refractivity contribution in [2.75, 3.05) is 18.6 Å². The van der Waals surface area contributed by atoms with Crippen molar-refractivity contribution in [1.82, 2.24) is 0 Å². The van der Waals surface area contributed by atoms with Crippen LogP contribution in [-0.4, -0.2) is 19.8 Å². The Morgan fingerprint density at radius 3 is 2.88 bits per heavy atom. The summed E-state index contributed by atoms with van der Waals surface area (Å²) in [7, 11) is 1.70. The Morgan fingerprint density at radius 1 is 1.50 bits per heavy atom. The Labute approximate surface area is 103 Å². The Balaban J connectivity index is 0.00000128. The first-order valence-electron chi connectivity index (χ1n) is 5.45. The van der Waals surface area contributed by atoms with Gasteiger partial charge in [0.15, 0.2) is 0 Å². The van der Waals surface area contributed by atoms with Crippen LogP contribution >= 0.6 is 12.4 Å². The van der Waals surface area contributed by atoms with E-state index in [0.717, 1.165) is 25.1 Å². The van der Waals surface area contributed by atoms with Crippen molar-refractivity contribution in [3.63, 3.8) is 0 Å². The van der Waals surface area contributed by atoms with Gasteiger partial charge >= 0.3 is 0 Å². The van der Waals surface area contributed by atoms with E-state index < -0.39 is 0 Å². The summed E-state index contributed by atoms with van der Waals surface area (Å²) >= 11 is 0. The van der Waals surface area contributed by atoms with Crippen LogP contribution in [0.1, 0.15) is 18.9 Å². The smallest absolute Gasteiger partial charge is 0.120 e. The molecule has 2 rings (SSSR count). The van der Waals surface area contributed by atoms with Crippen molar-refractivity contribution in [2.45, 2.75) is 25.9 Å². The number of rotatable bonds is 3. The van der Waals surface area contributed by atoms with Crippen LogP contribution in [0.4, 0.5) is 5.69 Å². The Morgan fingerprint density at radius 2 is 2.25 bits per heavy atom. The molecule has 1 aromatic carbocycles. The highest BCUT2D eigenvalue weighted by atomic mass is 35.5. The van der Waals surface area contributed by atoms with Crippen LogP contribution in [0.5, 0.6) is 5.75 Å². The molecule has 1 aliphatic rings. The van der Waals surface area contributed by atoms with Gasteiger partial charge in [0.1, 0.15) is 5.75 Å². The normalized spacial score (nSPS) is 15.3. The average Bonchev–Trinajstić information content (AvgIpc) is 2.70. The highest BCUT2D eigenvalue weighted by Gasteiger charge is 2.22. The van der Waals surface area contributed by atoms with E-state index in [4.69, 9.17) is 10.5 Å². The van der Waals surface area contributed by atoms with Crippen molar-refractivity contribution in [3.05, 3.63) is 23.8 Å². The van der Waals surface area contributed by atoms with Crippen LogP contribution in [-0.2, 0) is 6.42 Å². The van der Waals surface area contributed by atoms with Crippen molar-refractivity contribution < 1.29 is 4.74 Å². The highest BCUT2D eigenvalue weighted by Crippen LogP contribution is 2.32. The van der Waals surface area contributed by atoms with Gasteiger partial charge in [0.2, 0.25) is 0 Å². The second-order valence-corrected chi connectivity index (χ2v) is 3.91. The number of hydrogen-bond acceptors (Lipinski definition) is 3. The third-order valence-corrected chi connectivity index (χ3v) is 3.04. The summed E-state index contributed by atoms with van der Waals surface area (Å²) in [6, 6.07) is 6.23. The minimum atomic E-state index is 0. The highest BCUT2D eigenvalue weighted by molar-refractivity contribution is 5.85. The zero-order valence-corrected chi connectivity index (χ0v) is 10.6. The summed E-state index contributed by atoms with van der Waals surface area (Å²) in [4.78, 5) is 2.26. The lowest BCUT2D eigenvalue weighted by molar-refractivity contribution is 0.414. The Bertz CT molecular complexity index is 357. The van der Waals surface area contributed by atoms with Crippen LogP contribution < -0.4 is 15.4 Å². The number of ether oxygens (including phenoxy) is 1. The summed E-state index contributed by atoms with van der Waals surface area (Å²) in [5.41, 5.74) is 8.68. The maximum absolute atomic E-state index is 6.07. The maximum Gasteiger partial charge on any atom is 0.120 e. The molecule has 4 heteroatoms. The number of nitrogens with two attached hydrogens (primary N) is 1. The molecule has 0 unspecified atom stereocenters. The molecule has 0 radical (unpaired) electrons. The third kappa shape index (κ3) is 2.25. The fourth-order valence-electron chi connectivity index (χ4n) is 2.08. The van der Waals surface area contributed by atoms with Gasteiger partial charge in [-0.15, -0.1) is 12.4 Å². The molecule has 0 amide bonds. The quantitative estimate of drug-likeness (QED) is 0.883. The molecule has 1 heterocycles. The Kier molecular flexibility index (Phi) is 4.44. The molecule has 16 heavy (non-hydrogen) atoms.